The van der Waals surface area contributed by atoms with Crippen LogP contribution in [-0.4, -0.2) is 12.6 Å². The SMILES string of the molecule is Fc1cccc(NCC2Cc3cc(F)ccc3O2)c1. The lowest BCUT2D eigenvalue weighted by molar-refractivity contribution is 0.246. The van der Waals surface area contributed by atoms with Crippen molar-refractivity contribution >= 4 is 5.69 Å². The van der Waals surface area contributed by atoms with Crippen molar-refractivity contribution in [3.8, 4) is 5.75 Å². The van der Waals surface area contributed by atoms with E-state index in [-0.39, 0.29) is 17.7 Å². The van der Waals surface area contributed by atoms with Gasteiger partial charge in [0.05, 0.1) is 6.54 Å². The third-order valence-corrected chi connectivity index (χ3v) is 3.12. The van der Waals surface area contributed by atoms with Crippen molar-refractivity contribution in [3.05, 3.63) is 59.7 Å². The molecule has 0 saturated heterocycles. The summed E-state index contributed by atoms with van der Waals surface area (Å²) < 4.78 is 31.8. The third-order valence-electron chi connectivity index (χ3n) is 3.12. The van der Waals surface area contributed by atoms with E-state index in [1.165, 1.54) is 24.3 Å². The molecule has 0 bridgehead atoms. The van der Waals surface area contributed by atoms with Gasteiger partial charge in [0.1, 0.15) is 23.5 Å². The molecule has 1 aliphatic rings. The van der Waals surface area contributed by atoms with Crippen LogP contribution in [-0.2, 0) is 6.42 Å². The van der Waals surface area contributed by atoms with Crippen LogP contribution in [0, 0.1) is 11.6 Å². The molecule has 0 radical (unpaired) electrons. The monoisotopic (exact) mass is 261 g/mol. The minimum Gasteiger partial charge on any atom is -0.488 e. The highest BCUT2D eigenvalue weighted by Gasteiger charge is 2.22. The van der Waals surface area contributed by atoms with E-state index >= 15 is 0 Å². The Bertz CT molecular complexity index is 600. The fraction of sp³-hybridized carbons (Fsp3) is 0.200. The Labute approximate surface area is 110 Å². The lowest BCUT2D eigenvalue weighted by Crippen LogP contribution is -2.23. The summed E-state index contributed by atoms with van der Waals surface area (Å²) in [5, 5.41) is 3.12. The molecule has 1 atom stereocenters. The minimum absolute atomic E-state index is 0.0555. The van der Waals surface area contributed by atoms with E-state index in [9.17, 15) is 8.78 Å². The molecule has 0 aromatic heterocycles. The van der Waals surface area contributed by atoms with E-state index in [4.69, 9.17) is 4.74 Å². The number of fused-ring (bicyclic) bond motifs is 1. The zero-order valence-electron chi connectivity index (χ0n) is 10.2. The topological polar surface area (TPSA) is 21.3 Å². The first-order valence-corrected chi connectivity index (χ1v) is 6.15. The van der Waals surface area contributed by atoms with Gasteiger partial charge in [-0.1, -0.05) is 6.07 Å². The number of rotatable bonds is 3. The summed E-state index contributed by atoms with van der Waals surface area (Å²) in [5.41, 5.74) is 1.59. The molecule has 98 valence electrons. The Morgan fingerprint density at radius 2 is 1.95 bits per heavy atom. The zero-order chi connectivity index (χ0) is 13.2. The van der Waals surface area contributed by atoms with Crippen molar-refractivity contribution in [1.82, 2.24) is 0 Å². The smallest absolute Gasteiger partial charge is 0.125 e. The fourth-order valence-electron chi connectivity index (χ4n) is 2.23. The van der Waals surface area contributed by atoms with Crippen molar-refractivity contribution in [1.29, 1.82) is 0 Å². The Morgan fingerprint density at radius 3 is 2.79 bits per heavy atom. The molecule has 19 heavy (non-hydrogen) atoms. The molecule has 2 nitrogen and oxygen atoms in total. The molecule has 1 unspecified atom stereocenters. The average molecular weight is 261 g/mol. The molecule has 0 spiro atoms. The summed E-state index contributed by atoms with van der Waals surface area (Å²) in [4.78, 5) is 0. The molecule has 0 aliphatic carbocycles. The van der Waals surface area contributed by atoms with Crippen LogP contribution in [0.1, 0.15) is 5.56 Å². The number of hydrogen-bond donors (Lipinski definition) is 1. The molecule has 1 heterocycles. The first-order chi connectivity index (χ1) is 9.20. The number of nitrogens with one attached hydrogen (secondary N) is 1. The van der Waals surface area contributed by atoms with E-state index in [1.807, 2.05) is 0 Å². The van der Waals surface area contributed by atoms with Gasteiger partial charge in [0.25, 0.3) is 0 Å². The molecule has 1 aliphatic heterocycles. The highest BCUT2D eigenvalue weighted by molar-refractivity contribution is 5.44. The second-order valence-electron chi connectivity index (χ2n) is 4.59. The molecule has 1 N–H and O–H groups in total. The van der Waals surface area contributed by atoms with Crippen LogP contribution in [0.15, 0.2) is 42.5 Å². The Hall–Kier alpha value is -2.10. The van der Waals surface area contributed by atoms with Gasteiger partial charge in [-0.2, -0.15) is 0 Å². The summed E-state index contributed by atoms with van der Waals surface area (Å²) in [5.74, 6) is 0.205. The predicted octanol–water partition coefficient (Wildman–Crippen LogP) is 3.38. The van der Waals surface area contributed by atoms with Crippen LogP contribution in [0.25, 0.3) is 0 Å². The van der Waals surface area contributed by atoms with Crippen molar-refractivity contribution < 1.29 is 13.5 Å². The van der Waals surface area contributed by atoms with E-state index in [0.717, 1.165) is 11.3 Å². The van der Waals surface area contributed by atoms with E-state index in [1.54, 1.807) is 18.2 Å². The van der Waals surface area contributed by atoms with Gasteiger partial charge >= 0.3 is 0 Å². The maximum absolute atomic E-state index is 13.1. The second-order valence-corrected chi connectivity index (χ2v) is 4.59. The first kappa shape index (κ1) is 12.0. The van der Waals surface area contributed by atoms with Crippen LogP contribution >= 0.6 is 0 Å². The number of hydrogen-bond acceptors (Lipinski definition) is 2. The predicted molar refractivity (Wildman–Crippen MR) is 69.4 cm³/mol. The highest BCUT2D eigenvalue weighted by atomic mass is 19.1. The molecule has 3 rings (SSSR count). The second kappa shape index (κ2) is 4.88. The molecule has 2 aromatic rings. The summed E-state index contributed by atoms with van der Waals surface area (Å²) in [6, 6.07) is 10.8. The first-order valence-electron chi connectivity index (χ1n) is 6.15. The van der Waals surface area contributed by atoms with Gasteiger partial charge in [0, 0.05) is 17.7 Å². The van der Waals surface area contributed by atoms with Crippen LogP contribution < -0.4 is 10.1 Å². The standard InChI is InChI=1S/C15H13F2NO/c16-11-2-1-3-13(8-11)18-9-14-7-10-6-12(17)4-5-15(10)19-14/h1-6,8,14,18H,7,9H2. The van der Waals surface area contributed by atoms with Crippen LogP contribution in [0.4, 0.5) is 14.5 Å². The zero-order valence-corrected chi connectivity index (χ0v) is 10.2. The normalized spacial score (nSPS) is 16.8. The average Bonchev–Trinajstić information content (AvgIpc) is 2.78. The minimum atomic E-state index is -0.275. The van der Waals surface area contributed by atoms with E-state index < -0.39 is 0 Å². The van der Waals surface area contributed by atoms with Gasteiger partial charge in [0.2, 0.25) is 0 Å². The molecule has 0 amide bonds. The number of halogens is 2. The van der Waals surface area contributed by atoms with Crippen LogP contribution in [0.2, 0.25) is 0 Å². The molecule has 0 saturated carbocycles. The van der Waals surface area contributed by atoms with E-state index in [0.29, 0.717) is 18.7 Å². The fourth-order valence-corrected chi connectivity index (χ4v) is 2.23. The van der Waals surface area contributed by atoms with Gasteiger partial charge in [-0.3, -0.25) is 0 Å². The maximum Gasteiger partial charge on any atom is 0.125 e. The lowest BCUT2D eigenvalue weighted by atomic mass is 10.1. The lowest BCUT2D eigenvalue weighted by Gasteiger charge is -2.12. The highest BCUT2D eigenvalue weighted by Crippen LogP contribution is 2.29. The third kappa shape index (κ3) is 2.67. The molecule has 0 fully saturated rings. The van der Waals surface area contributed by atoms with Gasteiger partial charge in [-0.25, -0.2) is 8.78 Å². The number of anilines is 1. The van der Waals surface area contributed by atoms with Gasteiger partial charge in [-0.05, 0) is 36.4 Å². The Morgan fingerprint density at radius 1 is 1.11 bits per heavy atom. The molecule has 4 heteroatoms. The van der Waals surface area contributed by atoms with Crippen molar-refractivity contribution in [2.24, 2.45) is 0 Å². The van der Waals surface area contributed by atoms with Crippen molar-refractivity contribution in [3.63, 3.8) is 0 Å². The molecular weight excluding hydrogens is 248 g/mol. The maximum atomic E-state index is 13.1. The number of benzene rings is 2. The Kier molecular flexibility index (Phi) is 3.07. The van der Waals surface area contributed by atoms with E-state index in [2.05, 4.69) is 5.32 Å². The summed E-state index contributed by atoms with van der Waals surface area (Å²) in [7, 11) is 0. The van der Waals surface area contributed by atoms with Gasteiger partial charge < -0.3 is 10.1 Å². The quantitative estimate of drug-likeness (QED) is 0.914. The van der Waals surface area contributed by atoms with Crippen molar-refractivity contribution in [2.75, 3.05) is 11.9 Å². The number of ether oxygens (including phenoxy) is 1. The summed E-state index contributed by atoms with van der Waals surface area (Å²) in [6.45, 7) is 0.555. The largest absolute Gasteiger partial charge is 0.488 e. The van der Waals surface area contributed by atoms with Gasteiger partial charge in [-0.15, -0.1) is 0 Å². The summed E-state index contributed by atoms with van der Waals surface area (Å²) in [6.07, 6.45) is 0.607. The summed E-state index contributed by atoms with van der Waals surface area (Å²) >= 11 is 0. The van der Waals surface area contributed by atoms with Crippen molar-refractivity contribution in [2.45, 2.75) is 12.5 Å². The molecular formula is C15H13F2NO. The molecule has 2 aromatic carbocycles. The van der Waals surface area contributed by atoms with Gasteiger partial charge in [0.15, 0.2) is 0 Å². The Balaban J connectivity index is 1.62. The van der Waals surface area contributed by atoms with Crippen LogP contribution in [0.5, 0.6) is 5.75 Å². The van der Waals surface area contributed by atoms with Crippen LogP contribution in [0.3, 0.4) is 0 Å².